The molecular weight excluding hydrogens is 424 g/mol. The zero-order valence-electron chi connectivity index (χ0n) is 20.9. The first-order valence-electron chi connectivity index (χ1n) is 12.0. The molecule has 0 unspecified atom stereocenters. The lowest BCUT2D eigenvalue weighted by Gasteiger charge is -2.29. The Bertz CT molecular complexity index is 920. The molecule has 0 spiro atoms. The van der Waals surface area contributed by atoms with Gasteiger partial charge in [-0.1, -0.05) is 33.8 Å². The first-order chi connectivity index (χ1) is 15.3. The van der Waals surface area contributed by atoms with E-state index in [0.29, 0.717) is 17.6 Å². The van der Waals surface area contributed by atoms with E-state index in [1.165, 1.54) is 0 Å². The van der Waals surface area contributed by atoms with Crippen LogP contribution in [0.3, 0.4) is 0 Å². The summed E-state index contributed by atoms with van der Waals surface area (Å²) in [6.45, 7) is 13.0. The van der Waals surface area contributed by atoms with Crippen LogP contribution < -0.4 is 0 Å². The molecule has 4 rings (SSSR count). The molecule has 0 aromatic rings. The van der Waals surface area contributed by atoms with Gasteiger partial charge in [0.15, 0.2) is 17.0 Å². The number of Topliss-reactive ketones (excluding diaryl/α,β-unsaturated/α-hetero) is 1. The third-order valence-electron chi connectivity index (χ3n) is 9.01. The number of hydrogen-bond acceptors (Lipinski definition) is 7. The molecule has 0 aromatic carbocycles. The molecule has 7 heteroatoms. The summed E-state index contributed by atoms with van der Waals surface area (Å²) in [6, 6.07) is 0. The number of fused-ring (bicyclic) bond motifs is 1. The highest BCUT2D eigenvalue weighted by molar-refractivity contribution is 5.95. The Morgan fingerprint density at radius 2 is 1.88 bits per heavy atom. The monoisotopic (exact) mass is 462 g/mol. The first kappa shape index (κ1) is 24.6. The number of carbonyl (C=O) groups excluding carboxylic acids is 2. The van der Waals surface area contributed by atoms with Crippen LogP contribution in [0, 0.1) is 29.1 Å². The SMILES string of the molecule is C/C=C(/C)C(=O)O[C@@H]1/C(C)=C/[C@@]23O[C@@]2(C[C@H](C)[C@@H]3O)C(=O)[C@H](C)[C@H](O)[C@@H]2[C@H]([C@H]1OC)C2(C)C. The second-order valence-electron chi connectivity index (χ2n) is 11.3. The highest BCUT2D eigenvalue weighted by atomic mass is 16.7. The molecule has 33 heavy (non-hydrogen) atoms. The number of carbonyl (C=O) groups is 2. The Morgan fingerprint density at radius 3 is 2.45 bits per heavy atom. The Labute approximate surface area is 196 Å². The second kappa shape index (κ2) is 7.74. The summed E-state index contributed by atoms with van der Waals surface area (Å²) < 4.78 is 18.0. The molecule has 0 radical (unpaired) electrons. The van der Waals surface area contributed by atoms with Gasteiger partial charge in [-0.15, -0.1) is 0 Å². The van der Waals surface area contributed by atoms with Crippen molar-refractivity contribution in [2.75, 3.05) is 7.11 Å². The molecule has 184 valence electrons. The molecule has 4 aliphatic rings. The van der Waals surface area contributed by atoms with E-state index in [1.54, 1.807) is 40.0 Å². The van der Waals surface area contributed by atoms with Crippen molar-refractivity contribution in [1.82, 2.24) is 0 Å². The van der Waals surface area contributed by atoms with Crippen molar-refractivity contribution in [2.45, 2.75) is 90.5 Å². The molecule has 1 saturated heterocycles. The summed E-state index contributed by atoms with van der Waals surface area (Å²) in [7, 11) is 1.58. The molecule has 1 aliphatic heterocycles. The van der Waals surface area contributed by atoms with Crippen molar-refractivity contribution >= 4 is 11.8 Å². The van der Waals surface area contributed by atoms with E-state index in [2.05, 4.69) is 0 Å². The van der Waals surface area contributed by atoms with E-state index in [9.17, 15) is 19.8 Å². The van der Waals surface area contributed by atoms with Gasteiger partial charge in [-0.3, -0.25) is 4.79 Å². The van der Waals surface area contributed by atoms with Crippen LogP contribution in [-0.2, 0) is 23.8 Å². The summed E-state index contributed by atoms with van der Waals surface area (Å²) in [4.78, 5) is 26.5. The summed E-state index contributed by atoms with van der Waals surface area (Å²) >= 11 is 0. The molecular formula is C26H38O7. The predicted molar refractivity (Wildman–Crippen MR) is 121 cm³/mol. The second-order valence-corrected chi connectivity index (χ2v) is 11.3. The summed E-state index contributed by atoms with van der Waals surface area (Å²) in [5.41, 5.74) is -1.50. The minimum absolute atomic E-state index is 0.117. The van der Waals surface area contributed by atoms with Gasteiger partial charge in [0.05, 0.1) is 12.2 Å². The van der Waals surface area contributed by atoms with Crippen LogP contribution in [0.5, 0.6) is 0 Å². The number of aliphatic hydroxyl groups excluding tert-OH is 2. The summed E-state index contributed by atoms with van der Waals surface area (Å²) in [5.74, 6) is -1.74. The maximum atomic E-state index is 13.7. The molecule has 0 bridgehead atoms. The molecule has 7 nitrogen and oxygen atoms in total. The van der Waals surface area contributed by atoms with Crippen molar-refractivity contribution in [3.63, 3.8) is 0 Å². The lowest BCUT2D eigenvalue weighted by molar-refractivity contribution is -0.150. The molecule has 2 N–H and O–H groups in total. The molecule has 0 aromatic heterocycles. The molecule has 10 atom stereocenters. The smallest absolute Gasteiger partial charge is 0.334 e. The number of methoxy groups -OCH3 is 1. The van der Waals surface area contributed by atoms with E-state index in [0.717, 1.165) is 0 Å². The van der Waals surface area contributed by atoms with Crippen molar-refractivity contribution in [3.8, 4) is 0 Å². The Balaban J connectivity index is 1.85. The van der Waals surface area contributed by atoms with E-state index in [-0.39, 0.29) is 29.0 Å². The van der Waals surface area contributed by atoms with Crippen LogP contribution in [0.2, 0.25) is 0 Å². The number of rotatable bonds is 3. The fourth-order valence-corrected chi connectivity index (χ4v) is 6.78. The maximum absolute atomic E-state index is 13.7. The Kier molecular flexibility index (Phi) is 5.76. The Morgan fingerprint density at radius 1 is 1.24 bits per heavy atom. The molecule has 3 fully saturated rings. The van der Waals surface area contributed by atoms with Gasteiger partial charge in [0.25, 0.3) is 0 Å². The minimum atomic E-state index is -1.18. The van der Waals surface area contributed by atoms with Crippen molar-refractivity contribution < 1.29 is 34.0 Å². The zero-order valence-corrected chi connectivity index (χ0v) is 20.9. The van der Waals surface area contributed by atoms with Crippen LogP contribution >= 0.6 is 0 Å². The highest BCUT2D eigenvalue weighted by Gasteiger charge is 2.82. The van der Waals surface area contributed by atoms with Gasteiger partial charge >= 0.3 is 5.97 Å². The van der Waals surface area contributed by atoms with E-state index in [1.807, 2.05) is 27.7 Å². The largest absolute Gasteiger partial charge is 0.452 e. The van der Waals surface area contributed by atoms with E-state index < -0.39 is 47.5 Å². The van der Waals surface area contributed by atoms with Crippen LogP contribution in [0.25, 0.3) is 0 Å². The van der Waals surface area contributed by atoms with Crippen LogP contribution in [-0.4, -0.2) is 64.7 Å². The van der Waals surface area contributed by atoms with E-state index >= 15 is 0 Å². The number of allylic oxidation sites excluding steroid dienone is 1. The molecule has 2 saturated carbocycles. The van der Waals surface area contributed by atoms with Gasteiger partial charge in [-0.2, -0.15) is 0 Å². The Hall–Kier alpha value is -1.54. The number of ether oxygens (including phenoxy) is 3. The van der Waals surface area contributed by atoms with Gasteiger partial charge < -0.3 is 24.4 Å². The summed E-state index contributed by atoms with van der Waals surface area (Å²) in [6.07, 6.45) is 0.823. The topological polar surface area (TPSA) is 106 Å². The molecule has 1 heterocycles. The third kappa shape index (κ3) is 3.23. The van der Waals surface area contributed by atoms with Crippen LogP contribution in [0.15, 0.2) is 23.3 Å². The fourth-order valence-electron chi connectivity index (χ4n) is 6.78. The maximum Gasteiger partial charge on any atom is 0.334 e. The quantitative estimate of drug-likeness (QED) is 0.287. The number of epoxide rings is 1. The predicted octanol–water partition coefficient (Wildman–Crippen LogP) is 2.59. The minimum Gasteiger partial charge on any atom is -0.452 e. The standard InChI is InChI=1S/C26H38O7/c1-9-12(2)23(30)32-19-13(3)10-25-21(28)14(4)11-26(25,33-25)22(29)15(5)18(27)16-17(20(19)31-8)24(16,6)7/h9-10,14-21,27-28H,11H2,1-8H3/b12-9-,13-10+/t14-,15+,16-,17+,18-,19+,20+,21-,25-,26-/m0/s1. The van der Waals surface area contributed by atoms with Crippen LogP contribution in [0.1, 0.15) is 54.9 Å². The molecule has 0 amide bonds. The van der Waals surface area contributed by atoms with Gasteiger partial charge in [0.2, 0.25) is 0 Å². The number of esters is 1. The zero-order chi connectivity index (χ0) is 24.7. The number of aliphatic hydroxyl groups is 2. The molecule has 3 aliphatic carbocycles. The van der Waals surface area contributed by atoms with Crippen molar-refractivity contribution in [3.05, 3.63) is 23.3 Å². The van der Waals surface area contributed by atoms with Crippen molar-refractivity contribution in [1.29, 1.82) is 0 Å². The lowest BCUT2D eigenvalue weighted by atomic mass is 9.81. The van der Waals surface area contributed by atoms with Gasteiger partial charge in [-0.25, -0.2) is 4.79 Å². The first-order valence-corrected chi connectivity index (χ1v) is 12.0. The highest BCUT2D eigenvalue weighted by Crippen LogP contribution is 2.67. The number of hydrogen-bond donors (Lipinski definition) is 2. The summed E-state index contributed by atoms with van der Waals surface area (Å²) in [5, 5.41) is 22.4. The van der Waals surface area contributed by atoms with Crippen molar-refractivity contribution in [2.24, 2.45) is 29.1 Å². The lowest BCUT2D eigenvalue weighted by Crippen LogP contribution is -2.41. The average molecular weight is 463 g/mol. The number of ketones is 1. The third-order valence-corrected chi connectivity index (χ3v) is 9.01. The van der Waals surface area contributed by atoms with Gasteiger partial charge in [0.1, 0.15) is 12.2 Å². The van der Waals surface area contributed by atoms with Gasteiger partial charge in [0, 0.05) is 24.5 Å². The van der Waals surface area contributed by atoms with Gasteiger partial charge in [-0.05, 0) is 56.1 Å². The fraction of sp³-hybridized carbons (Fsp3) is 0.769. The van der Waals surface area contributed by atoms with Crippen LogP contribution in [0.4, 0.5) is 0 Å². The normalized spacial score (nSPS) is 50.2. The average Bonchev–Trinajstić information content (AvgIpc) is 3.56. The van der Waals surface area contributed by atoms with E-state index in [4.69, 9.17) is 14.2 Å².